The molecule has 0 amide bonds. The highest BCUT2D eigenvalue weighted by Crippen LogP contribution is 2.49. The Hall–Kier alpha value is -1.55. The molecule has 120 valence electrons. The van der Waals surface area contributed by atoms with Crippen molar-refractivity contribution in [2.24, 2.45) is 0 Å². The summed E-state index contributed by atoms with van der Waals surface area (Å²) in [6.07, 6.45) is 2.12. The molecule has 0 radical (unpaired) electrons. The summed E-state index contributed by atoms with van der Waals surface area (Å²) in [6.45, 7) is 0. The van der Waals surface area contributed by atoms with Crippen molar-refractivity contribution in [1.29, 1.82) is 0 Å². The van der Waals surface area contributed by atoms with E-state index in [1.807, 2.05) is 18.2 Å². The molecule has 0 N–H and O–H groups in total. The molecular weight excluding hydrogens is 386 g/mol. The molecule has 5 rings (SSSR count). The number of hydrogen-bond donors (Lipinski definition) is 0. The first-order chi connectivity index (χ1) is 11.7. The largest absolute Gasteiger partial charge is 0.269 e. The van der Waals surface area contributed by atoms with Gasteiger partial charge in [-0.15, -0.1) is 0 Å². The quantitative estimate of drug-likeness (QED) is 0.492. The maximum Gasteiger partial charge on any atom is 0.0921 e. The Kier molecular flexibility index (Phi) is 3.37. The van der Waals surface area contributed by atoms with Crippen LogP contribution in [0.2, 0.25) is 5.02 Å². The lowest BCUT2D eigenvalue weighted by Crippen LogP contribution is -2.28. The molecule has 2 aliphatic heterocycles. The average molecular weight is 401 g/mol. The average Bonchev–Trinajstić information content (AvgIpc) is 2.92. The van der Waals surface area contributed by atoms with E-state index < -0.39 is 0 Å². The molecule has 2 nitrogen and oxygen atoms in total. The molecule has 0 saturated carbocycles. The Balaban J connectivity index is 1.73. The van der Waals surface area contributed by atoms with Gasteiger partial charge >= 0.3 is 0 Å². The lowest BCUT2D eigenvalue weighted by Gasteiger charge is -2.32. The lowest BCUT2D eigenvalue weighted by atomic mass is 9.99. The van der Waals surface area contributed by atoms with Gasteiger partial charge < -0.3 is 0 Å². The van der Waals surface area contributed by atoms with Crippen molar-refractivity contribution in [2.75, 3.05) is 5.06 Å². The highest BCUT2D eigenvalue weighted by Gasteiger charge is 2.41. The molecule has 2 bridgehead atoms. The molecule has 1 saturated heterocycles. The van der Waals surface area contributed by atoms with E-state index in [9.17, 15) is 0 Å². The van der Waals surface area contributed by atoms with Crippen molar-refractivity contribution in [3.8, 4) is 0 Å². The van der Waals surface area contributed by atoms with Gasteiger partial charge in [0.25, 0.3) is 0 Å². The normalized spacial score (nSPS) is 22.0. The number of nitrogens with zero attached hydrogens (tertiary/aromatic N) is 1. The summed E-state index contributed by atoms with van der Waals surface area (Å²) in [5.74, 6) is 0. The number of rotatable bonds is 1. The van der Waals surface area contributed by atoms with Gasteiger partial charge in [-0.25, -0.2) is 5.06 Å². The van der Waals surface area contributed by atoms with Crippen LogP contribution in [0.25, 0.3) is 10.8 Å². The minimum absolute atomic E-state index is 0.162. The minimum Gasteiger partial charge on any atom is -0.269 e. The van der Waals surface area contributed by atoms with Crippen molar-refractivity contribution in [3.63, 3.8) is 0 Å². The van der Waals surface area contributed by atoms with E-state index in [4.69, 9.17) is 16.4 Å². The summed E-state index contributed by atoms with van der Waals surface area (Å²) in [5.41, 5.74) is 3.67. The molecule has 0 unspecified atom stereocenters. The summed E-state index contributed by atoms with van der Waals surface area (Å²) >= 11 is 10.2. The van der Waals surface area contributed by atoms with E-state index >= 15 is 0 Å². The van der Waals surface area contributed by atoms with Crippen molar-refractivity contribution in [3.05, 3.63) is 75.2 Å². The third kappa shape index (κ3) is 2.12. The van der Waals surface area contributed by atoms with Gasteiger partial charge in [-0.3, -0.25) is 4.84 Å². The predicted molar refractivity (Wildman–Crippen MR) is 102 cm³/mol. The summed E-state index contributed by atoms with van der Waals surface area (Å²) in [6, 6.07) is 19.0. The molecule has 0 spiro atoms. The molecule has 24 heavy (non-hydrogen) atoms. The summed E-state index contributed by atoms with van der Waals surface area (Å²) in [4.78, 5) is 6.25. The number of anilines is 1. The van der Waals surface area contributed by atoms with Crippen LogP contribution in [0.1, 0.15) is 23.6 Å². The van der Waals surface area contributed by atoms with Crippen LogP contribution in [0, 0.1) is 0 Å². The molecule has 2 atom stereocenters. The first-order valence-corrected chi connectivity index (χ1v) is 9.30. The Morgan fingerprint density at radius 3 is 2.62 bits per heavy atom. The summed E-state index contributed by atoms with van der Waals surface area (Å²) < 4.78 is 1.15. The van der Waals surface area contributed by atoms with Gasteiger partial charge in [0.1, 0.15) is 0 Å². The second kappa shape index (κ2) is 5.48. The van der Waals surface area contributed by atoms with Gasteiger partial charge in [-0.05, 0) is 28.6 Å². The van der Waals surface area contributed by atoms with Gasteiger partial charge in [0.2, 0.25) is 0 Å². The molecule has 3 aromatic rings. The molecule has 0 aromatic heterocycles. The summed E-state index contributed by atoms with van der Waals surface area (Å²) in [5, 5.41) is 5.34. The monoisotopic (exact) mass is 399 g/mol. The molecular formula is C20H15BrClNO. The fourth-order valence-electron chi connectivity index (χ4n) is 3.98. The number of hydrogen-bond acceptors (Lipinski definition) is 2. The second-order valence-corrected chi connectivity index (χ2v) is 7.70. The third-order valence-electron chi connectivity index (χ3n) is 5.01. The minimum atomic E-state index is 0.162. The first-order valence-electron chi connectivity index (χ1n) is 8.13. The molecule has 3 aromatic carbocycles. The van der Waals surface area contributed by atoms with Gasteiger partial charge in [-0.2, -0.15) is 0 Å². The van der Waals surface area contributed by atoms with Crippen LogP contribution in [0.15, 0.2) is 59.1 Å². The van der Waals surface area contributed by atoms with Gasteiger partial charge in [0.15, 0.2) is 0 Å². The van der Waals surface area contributed by atoms with E-state index in [0.29, 0.717) is 0 Å². The number of fused-ring (bicyclic) bond motifs is 6. The summed E-state index contributed by atoms with van der Waals surface area (Å²) in [7, 11) is 0. The SMILES string of the molecule is Clc1ccccc1[C@@H]1C[C@@H]2Cc3cc(Br)c4ccccc4c3N1O2. The van der Waals surface area contributed by atoms with Crippen molar-refractivity contribution in [2.45, 2.75) is 25.0 Å². The zero-order chi connectivity index (χ0) is 16.3. The maximum absolute atomic E-state index is 6.48. The Bertz CT molecular complexity index is 958. The van der Waals surface area contributed by atoms with Crippen LogP contribution >= 0.6 is 27.5 Å². The number of halogens is 2. The highest BCUT2D eigenvalue weighted by molar-refractivity contribution is 9.10. The van der Waals surface area contributed by atoms with Crippen molar-refractivity contribution in [1.82, 2.24) is 0 Å². The van der Waals surface area contributed by atoms with Crippen molar-refractivity contribution >= 4 is 44.0 Å². The smallest absolute Gasteiger partial charge is 0.0921 e. The fourth-order valence-corrected chi connectivity index (χ4v) is 4.86. The third-order valence-corrected chi connectivity index (χ3v) is 6.01. The van der Waals surface area contributed by atoms with Crippen LogP contribution in [-0.4, -0.2) is 6.10 Å². The van der Waals surface area contributed by atoms with Gasteiger partial charge in [0, 0.05) is 27.7 Å². The number of benzene rings is 3. The zero-order valence-electron chi connectivity index (χ0n) is 12.9. The topological polar surface area (TPSA) is 12.5 Å². The fraction of sp³-hybridized carbons (Fsp3) is 0.200. The van der Waals surface area contributed by atoms with E-state index in [0.717, 1.165) is 27.9 Å². The van der Waals surface area contributed by atoms with E-state index in [1.165, 1.54) is 22.0 Å². The molecule has 0 aliphatic carbocycles. The molecule has 1 fully saturated rings. The van der Waals surface area contributed by atoms with Crippen LogP contribution in [0.5, 0.6) is 0 Å². The lowest BCUT2D eigenvalue weighted by molar-refractivity contribution is 0.0741. The second-order valence-electron chi connectivity index (χ2n) is 6.44. The van der Waals surface area contributed by atoms with E-state index in [2.05, 4.69) is 57.4 Å². The Labute approximate surface area is 154 Å². The van der Waals surface area contributed by atoms with Crippen LogP contribution in [-0.2, 0) is 11.3 Å². The Morgan fingerprint density at radius 2 is 1.79 bits per heavy atom. The molecule has 2 aliphatic rings. The molecule has 4 heteroatoms. The highest BCUT2D eigenvalue weighted by atomic mass is 79.9. The van der Waals surface area contributed by atoms with Crippen molar-refractivity contribution < 1.29 is 4.84 Å². The van der Waals surface area contributed by atoms with Crippen LogP contribution in [0.4, 0.5) is 5.69 Å². The van der Waals surface area contributed by atoms with Crippen LogP contribution < -0.4 is 5.06 Å². The number of hydroxylamine groups is 1. The Morgan fingerprint density at radius 1 is 1.04 bits per heavy atom. The van der Waals surface area contributed by atoms with E-state index in [-0.39, 0.29) is 12.1 Å². The van der Waals surface area contributed by atoms with E-state index in [1.54, 1.807) is 0 Å². The molecule has 2 heterocycles. The van der Waals surface area contributed by atoms with Crippen LogP contribution in [0.3, 0.4) is 0 Å². The first kappa shape index (κ1) is 14.8. The zero-order valence-corrected chi connectivity index (χ0v) is 15.2. The van der Waals surface area contributed by atoms with Gasteiger partial charge in [0.05, 0.1) is 17.8 Å². The van der Waals surface area contributed by atoms with Gasteiger partial charge in [-0.1, -0.05) is 70.0 Å². The predicted octanol–water partition coefficient (Wildman–Crippen LogP) is 6.06. The standard InChI is InChI=1S/C20H15BrClNO/c21-17-10-12-9-13-11-19(16-7-3-4-8-18(16)22)23(24-13)20(12)15-6-2-1-5-14(15)17/h1-8,10,13,19H,9,11H2/t13-,19-/m0/s1. The maximum atomic E-state index is 6.48.